The number of rotatable bonds is 4. The number of thiocarbonyl (C=S) groups is 1. The van der Waals surface area contributed by atoms with E-state index in [0.717, 1.165) is 16.8 Å². The molecule has 0 aliphatic rings. The van der Waals surface area contributed by atoms with Crippen LogP contribution in [0.3, 0.4) is 0 Å². The minimum Gasteiger partial charge on any atom is -0.326 e. The van der Waals surface area contributed by atoms with E-state index in [0.29, 0.717) is 0 Å². The van der Waals surface area contributed by atoms with Gasteiger partial charge in [0.25, 0.3) is 0 Å². The Morgan fingerprint density at radius 2 is 1.70 bits per heavy atom. The van der Waals surface area contributed by atoms with E-state index in [1.807, 2.05) is 32.0 Å². The van der Waals surface area contributed by atoms with Crippen molar-refractivity contribution in [3.8, 4) is 0 Å². The van der Waals surface area contributed by atoms with Crippen LogP contribution in [-0.2, 0) is 14.4 Å². The topological polar surface area (TPSA) is 99.3 Å². The van der Waals surface area contributed by atoms with Crippen molar-refractivity contribution in [1.82, 2.24) is 16.2 Å². The zero-order valence-electron chi connectivity index (χ0n) is 13.3. The molecule has 0 aromatic heterocycles. The van der Waals surface area contributed by atoms with Crippen LogP contribution in [0.15, 0.2) is 18.2 Å². The Labute approximate surface area is 140 Å². The summed E-state index contributed by atoms with van der Waals surface area (Å²) in [6.45, 7) is 5.13. The van der Waals surface area contributed by atoms with E-state index in [2.05, 4.69) is 21.5 Å². The van der Waals surface area contributed by atoms with Crippen molar-refractivity contribution in [2.75, 3.05) is 5.32 Å². The highest BCUT2D eigenvalue weighted by atomic mass is 32.1. The molecule has 0 heterocycles. The van der Waals surface area contributed by atoms with Crippen LogP contribution in [0.2, 0.25) is 0 Å². The van der Waals surface area contributed by atoms with Gasteiger partial charge in [0.2, 0.25) is 17.7 Å². The summed E-state index contributed by atoms with van der Waals surface area (Å²) in [5, 5.41) is 5.06. The second-order valence-corrected chi connectivity index (χ2v) is 5.46. The molecule has 0 aliphatic carbocycles. The van der Waals surface area contributed by atoms with Crippen molar-refractivity contribution >= 4 is 40.7 Å². The quantitative estimate of drug-likeness (QED) is 0.487. The van der Waals surface area contributed by atoms with Gasteiger partial charge in [-0.15, -0.1) is 0 Å². The molecule has 3 amide bonds. The maximum atomic E-state index is 11.9. The number of aryl methyl sites for hydroxylation is 2. The molecule has 7 nitrogen and oxygen atoms in total. The van der Waals surface area contributed by atoms with Gasteiger partial charge in [-0.1, -0.05) is 12.1 Å². The number of anilines is 1. The Bertz CT molecular complexity index is 631. The van der Waals surface area contributed by atoms with E-state index < -0.39 is 5.91 Å². The molecular weight excluding hydrogens is 316 g/mol. The van der Waals surface area contributed by atoms with Gasteiger partial charge in [-0.25, -0.2) is 0 Å². The van der Waals surface area contributed by atoms with Crippen LogP contribution in [0.1, 0.15) is 30.9 Å². The third-order valence-corrected chi connectivity index (χ3v) is 3.06. The lowest BCUT2D eigenvalue weighted by atomic mass is 10.1. The summed E-state index contributed by atoms with van der Waals surface area (Å²) in [5.41, 5.74) is 7.41. The largest absolute Gasteiger partial charge is 0.326 e. The molecule has 1 aromatic rings. The number of nitrogens with one attached hydrogen (secondary N) is 4. The normalized spacial score (nSPS) is 9.70. The van der Waals surface area contributed by atoms with Crippen LogP contribution in [0.25, 0.3) is 0 Å². The molecule has 0 radical (unpaired) electrons. The maximum Gasteiger partial charge on any atom is 0.238 e. The molecule has 0 fully saturated rings. The molecule has 0 saturated heterocycles. The highest BCUT2D eigenvalue weighted by Gasteiger charge is 2.09. The van der Waals surface area contributed by atoms with E-state index in [9.17, 15) is 14.4 Å². The molecular formula is C15H20N4O3S. The molecule has 124 valence electrons. The molecule has 0 bridgehead atoms. The van der Waals surface area contributed by atoms with Crippen LogP contribution >= 0.6 is 12.2 Å². The summed E-state index contributed by atoms with van der Waals surface area (Å²) in [6.07, 6.45) is 0.0280. The van der Waals surface area contributed by atoms with Crippen LogP contribution in [0.5, 0.6) is 0 Å². The molecule has 1 rings (SSSR count). The minimum absolute atomic E-state index is 0.00756. The molecule has 8 heteroatoms. The Kier molecular flexibility index (Phi) is 7.14. The Morgan fingerprint density at radius 1 is 1.04 bits per heavy atom. The predicted molar refractivity (Wildman–Crippen MR) is 91.5 cm³/mol. The monoisotopic (exact) mass is 336 g/mol. The van der Waals surface area contributed by atoms with Gasteiger partial charge in [-0.3, -0.25) is 25.2 Å². The van der Waals surface area contributed by atoms with Gasteiger partial charge in [0, 0.05) is 25.5 Å². The molecule has 0 atom stereocenters. The third kappa shape index (κ3) is 7.37. The molecule has 0 aliphatic heterocycles. The molecule has 4 N–H and O–H groups in total. The van der Waals surface area contributed by atoms with Crippen LogP contribution in [0, 0.1) is 13.8 Å². The van der Waals surface area contributed by atoms with Gasteiger partial charge in [0.15, 0.2) is 5.11 Å². The predicted octanol–water partition coefficient (Wildman–Crippen LogP) is 1.06. The second kappa shape index (κ2) is 8.84. The van der Waals surface area contributed by atoms with Crippen molar-refractivity contribution in [3.05, 3.63) is 29.3 Å². The number of amides is 3. The van der Waals surface area contributed by atoms with Crippen LogP contribution < -0.4 is 21.5 Å². The van der Waals surface area contributed by atoms with Crippen LogP contribution in [-0.4, -0.2) is 22.8 Å². The summed E-state index contributed by atoms with van der Waals surface area (Å²) in [6, 6.07) is 5.76. The van der Waals surface area contributed by atoms with Crippen molar-refractivity contribution in [2.24, 2.45) is 0 Å². The number of carbonyl (C=O) groups is 3. The maximum absolute atomic E-state index is 11.9. The summed E-state index contributed by atoms with van der Waals surface area (Å²) in [4.78, 5) is 34.2. The highest BCUT2D eigenvalue weighted by Crippen LogP contribution is 2.16. The molecule has 0 spiro atoms. The van der Waals surface area contributed by atoms with Crippen molar-refractivity contribution in [2.45, 2.75) is 33.6 Å². The smallest absolute Gasteiger partial charge is 0.238 e. The first-order chi connectivity index (χ1) is 10.8. The van der Waals surface area contributed by atoms with Gasteiger partial charge >= 0.3 is 0 Å². The minimum atomic E-state index is -0.409. The summed E-state index contributed by atoms with van der Waals surface area (Å²) in [5.74, 6) is -1.00. The fourth-order valence-corrected chi connectivity index (χ4v) is 1.89. The molecule has 1 aromatic carbocycles. The first kappa shape index (κ1) is 18.6. The summed E-state index contributed by atoms with van der Waals surface area (Å²) >= 11 is 4.76. The Morgan fingerprint density at radius 3 is 2.35 bits per heavy atom. The number of benzene rings is 1. The van der Waals surface area contributed by atoms with E-state index in [1.165, 1.54) is 6.92 Å². The van der Waals surface area contributed by atoms with Gasteiger partial charge in [-0.2, -0.15) is 0 Å². The average molecular weight is 336 g/mol. The molecule has 23 heavy (non-hydrogen) atoms. The second-order valence-electron chi connectivity index (χ2n) is 5.05. The van der Waals surface area contributed by atoms with Gasteiger partial charge in [-0.05, 0) is 43.3 Å². The fraction of sp³-hybridized carbons (Fsp3) is 0.333. The van der Waals surface area contributed by atoms with E-state index in [4.69, 9.17) is 12.2 Å². The lowest BCUT2D eigenvalue weighted by Gasteiger charge is -2.11. The van der Waals surface area contributed by atoms with Gasteiger partial charge < -0.3 is 10.6 Å². The van der Waals surface area contributed by atoms with Gasteiger partial charge in [0.1, 0.15) is 0 Å². The third-order valence-electron chi connectivity index (χ3n) is 2.85. The molecule has 0 unspecified atom stereocenters. The Balaban J connectivity index is 2.35. The van der Waals surface area contributed by atoms with E-state index >= 15 is 0 Å². The SMILES string of the molecule is CC(=O)NC(=S)NNC(=O)CCC(=O)Nc1cc(C)ccc1C. The lowest BCUT2D eigenvalue weighted by molar-refractivity contribution is -0.124. The standard InChI is InChI=1S/C15H20N4O3S/c1-9-4-5-10(2)12(8-9)17-13(21)6-7-14(22)18-19-15(23)16-11(3)20/h4-5,8H,6-7H2,1-3H3,(H,17,21)(H,18,22)(H2,16,19,20,23). The average Bonchev–Trinajstić information content (AvgIpc) is 2.46. The zero-order chi connectivity index (χ0) is 17.4. The fourth-order valence-electron chi connectivity index (χ4n) is 1.69. The van der Waals surface area contributed by atoms with Gasteiger partial charge in [0.05, 0.1) is 0 Å². The van der Waals surface area contributed by atoms with Crippen LogP contribution in [0.4, 0.5) is 5.69 Å². The first-order valence-corrected chi connectivity index (χ1v) is 7.42. The van der Waals surface area contributed by atoms with Crippen molar-refractivity contribution in [3.63, 3.8) is 0 Å². The van der Waals surface area contributed by atoms with E-state index in [1.54, 1.807) is 0 Å². The number of hydrogen-bond acceptors (Lipinski definition) is 4. The Hall–Kier alpha value is -2.48. The lowest BCUT2D eigenvalue weighted by Crippen LogP contribution is -2.48. The summed E-state index contributed by atoms with van der Waals surface area (Å²) in [7, 11) is 0. The molecule has 0 saturated carbocycles. The summed E-state index contributed by atoms with van der Waals surface area (Å²) < 4.78 is 0. The van der Waals surface area contributed by atoms with Crippen molar-refractivity contribution in [1.29, 1.82) is 0 Å². The van der Waals surface area contributed by atoms with Crippen molar-refractivity contribution < 1.29 is 14.4 Å². The van der Waals surface area contributed by atoms with E-state index in [-0.39, 0.29) is 29.8 Å². The first-order valence-electron chi connectivity index (χ1n) is 7.01. The highest BCUT2D eigenvalue weighted by molar-refractivity contribution is 7.80. The number of hydrogen-bond donors (Lipinski definition) is 4. The number of carbonyl (C=O) groups excluding carboxylic acids is 3. The number of hydrazine groups is 1. The zero-order valence-corrected chi connectivity index (χ0v) is 14.1.